The molecule has 3 heterocycles. The molecule has 0 bridgehead atoms. The van der Waals surface area contributed by atoms with Crippen LogP contribution in [0.1, 0.15) is 55.0 Å². The van der Waals surface area contributed by atoms with Crippen LogP contribution in [-0.2, 0) is 4.79 Å². The van der Waals surface area contributed by atoms with Crippen molar-refractivity contribution in [3.05, 3.63) is 47.5 Å². The van der Waals surface area contributed by atoms with Crippen LogP contribution in [0.5, 0.6) is 0 Å². The number of alkyl halides is 2. The Labute approximate surface area is 142 Å². The molecule has 1 aliphatic carbocycles. The molecule has 130 valence electrons. The number of rotatable bonds is 5. The van der Waals surface area contributed by atoms with E-state index in [0.717, 1.165) is 18.5 Å². The van der Waals surface area contributed by atoms with Gasteiger partial charge in [-0.25, -0.2) is 13.8 Å². The number of hydrogen-bond acceptors (Lipinski definition) is 3. The molecule has 1 fully saturated rings. The Hall–Kier alpha value is -2.77. The minimum absolute atomic E-state index is 0.0855. The van der Waals surface area contributed by atoms with E-state index >= 15 is 0 Å². The maximum Gasteiger partial charge on any atom is 0.265 e. The van der Waals surface area contributed by atoms with Crippen LogP contribution in [0, 0.1) is 0 Å². The summed E-state index contributed by atoms with van der Waals surface area (Å²) in [6, 6.07) is 4.71. The van der Waals surface area contributed by atoms with Crippen LogP contribution in [-0.4, -0.2) is 25.5 Å². The summed E-state index contributed by atoms with van der Waals surface area (Å²) < 4.78 is 27.1. The van der Waals surface area contributed by atoms with Crippen molar-refractivity contribution < 1.29 is 13.6 Å². The van der Waals surface area contributed by atoms with Gasteiger partial charge in [-0.1, -0.05) is 0 Å². The Bertz CT molecular complexity index is 928. The number of imidazole rings is 1. The number of pyridine rings is 1. The lowest BCUT2D eigenvalue weighted by Gasteiger charge is -2.07. The molecule has 25 heavy (non-hydrogen) atoms. The van der Waals surface area contributed by atoms with Gasteiger partial charge in [-0.05, 0) is 31.9 Å². The molecular weight excluding hydrogens is 328 g/mol. The molecule has 8 heteroatoms. The van der Waals surface area contributed by atoms with Gasteiger partial charge in [0, 0.05) is 35.6 Å². The predicted molar refractivity (Wildman–Crippen MR) is 87.8 cm³/mol. The van der Waals surface area contributed by atoms with Crippen LogP contribution in [0.4, 0.5) is 14.6 Å². The fourth-order valence-corrected chi connectivity index (χ4v) is 2.74. The predicted octanol–water partition coefficient (Wildman–Crippen LogP) is 3.61. The molecule has 3 aromatic heterocycles. The number of aromatic nitrogens is 4. The number of carbonyl (C=O) groups is 1. The standard InChI is InChI=1S/C17H17F2N5O/c1-9(17(25)21-14-6-12(22-23-14)10-2-3-10)13-8-24-7-11(16(18)19)4-5-15(24)20-13/h4-10,16H,2-3H2,1H3,(H2,21,22,23,25). The van der Waals surface area contributed by atoms with Gasteiger partial charge in [-0.15, -0.1) is 0 Å². The van der Waals surface area contributed by atoms with Crippen LogP contribution in [0.2, 0.25) is 0 Å². The van der Waals surface area contributed by atoms with Crippen molar-refractivity contribution in [2.45, 2.75) is 38.0 Å². The van der Waals surface area contributed by atoms with E-state index < -0.39 is 12.3 Å². The van der Waals surface area contributed by atoms with Gasteiger partial charge in [0.15, 0.2) is 5.82 Å². The van der Waals surface area contributed by atoms with E-state index in [0.29, 0.717) is 23.1 Å². The maximum absolute atomic E-state index is 12.8. The lowest BCUT2D eigenvalue weighted by Crippen LogP contribution is -2.19. The summed E-state index contributed by atoms with van der Waals surface area (Å²) in [5, 5.41) is 9.80. The highest BCUT2D eigenvalue weighted by Gasteiger charge is 2.26. The lowest BCUT2D eigenvalue weighted by molar-refractivity contribution is -0.117. The number of nitrogens with one attached hydrogen (secondary N) is 2. The van der Waals surface area contributed by atoms with Crippen molar-refractivity contribution in [3.63, 3.8) is 0 Å². The molecule has 0 saturated heterocycles. The number of H-pyrrole nitrogens is 1. The molecule has 0 radical (unpaired) electrons. The van der Waals surface area contributed by atoms with E-state index in [2.05, 4.69) is 20.5 Å². The number of hydrogen-bond donors (Lipinski definition) is 2. The summed E-state index contributed by atoms with van der Waals surface area (Å²) >= 11 is 0. The van der Waals surface area contributed by atoms with Crippen molar-refractivity contribution in [1.82, 2.24) is 19.6 Å². The maximum atomic E-state index is 12.8. The molecule has 0 aliphatic heterocycles. The zero-order chi connectivity index (χ0) is 17.6. The molecular formula is C17H17F2N5O. The quantitative estimate of drug-likeness (QED) is 0.742. The number of amides is 1. The Morgan fingerprint density at radius 1 is 1.36 bits per heavy atom. The highest BCUT2D eigenvalue weighted by Crippen LogP contribution is 2.39. The molecule has 1 amide bonds. The average Bonchev–Trinajstić information content (AvgIpc) is 3.18. The largest absolute Gasteiger partial charge is 0.309 e. The van der Waals surface area contributed by atoms with Crippen molar-refractivity contribution in [2.24, 2.45) is 0 Å². The number of nitrogens with zero attached hydrogens (tertiary/aromatic N) is 3. The monoisotopic (exact) mass is 345 g/mol. The second kappa shape index (κ2) is 5.94. The topological polar surface area (TPSA) is 75.1 Å². The average molecular weight is 345 g/mol. The first-order valence-corrected chi connectivity index (χ1v) is 8.14. The van der Waals surface area contributed by atoms with Gasteiger partial charge < -0.3 is 9.72 Å². The molecule has 1 saturated carbocycles. The number of halogens is 2. The highest BCUT2D eigenvalue weighted by molar-refractivity contribution is 5.94. The van der Waals surface area contributed by atoms with E-state index in [4.69, 9.17) is 0 Å². The zero-order valence-electron chi connectivity index (χ0n) is 13.5. The Kier molecular flexibility index (Phi) is 3.74. The second-order valence-electron chi connectivity index (χ2n) is 6.39. The molecule has 4 rings (SSSR count). The fraction of sp³-hybridized carbons (Fsp3) is 0.353. The van der Waals surface area contributed by atoms with Crippen LogP contribution in [0.3, 0.4) is 0 Å². The highest BCUT2D eigenvalue weighted by atomic mass is 19.3. The number of aromatic amines is 1. The number of anilines is 1. The fourth-order valence-electron chi connectivity index (χ4n) is 2.74. The number of carbonyl (C=O) groups excluding carboxylic acids is 1. The number of fused-ring (bicyclic) bond motifs is 1. The third-order valence-corrected chi connectivity index (χ3v) is 4.45. The smallest absolute Gasteiger partial charge is 0.265 e. The molecule has 1 aliphatic rings. The van der Waals surface area contributed by atoms with Gasteiger partial charge in [-0.2, -0.15) is 5.10 Å². The SMILES string of the molecule is CC(C(=O)Nc1cc(C2CC2)[nH]n1)c1cn2cc(C(F)F)ccc2n1. The first-order valence-electron chi connectivity index (χ1n) is 8.14. The molecule has 2 N–H and O–H groups in total. The van der Waals surface area contributed by atoms with Crippen LogP contribution in [0.15, 0.2) is 30.6 Å². The Morgan fingerprint density at radius 2 is 2.16 bits per heavy atom. The third kappa shape index (κ3) is 3.11. The Balaban J connectivity index is 1.51. The minimum atomic E-state index is -2.55. The normalized spacial score (nSPS) is 15.7. The summed E-state index contributed by atoms with van der Waals surface area (Å²) in [7, 11) is 0. The second-order valence-corrected chi connectivity index (χ2v) is 6.39. The van der Waals surface area contributed by atoms with Gasteiger partial charge in [0.2, 0.25) is 5.91 Å². The summed E-state index contributed by atoms with van der Waals surface area (Å²) in [6.07, 6.45) is 2.68. The van der Waals surface area contributed by atoms with E-state index in [1.807, 2.05) is 6.07 Å². The summed E-state index contributed by atoms with van der Waals surface area (Å²) in [4.78, 5) is 16.8. The summed E-state index contributed by atoms with van der Waals surface area (Å²) in [6.45, 7) is 1.72. The van der Waals surface area contributed by atoms with E-state index in [-0.39, 0.29) is 11.5 Å². The lowest BCUT2D eigenvalue weighted by atomic mass is 10.1. The van der Waals surface area contributed by atoms with Crippen LogP contribution >= 0.6 is 0 Å². The third-order valence-electron chi connectivity index (χ3n) is 4.45. The van der Waals surface area contributed by atoms with Crippen molar-refractivity contribution in [3.8, 4) is 0 Å². The van der Waals surface area contributed by atoms with E-state index in [1.165, 1.54) is 22.7 Å². The van der Waals surface area contributed by atoms with E-state index in [9.17, 15) is 13.6 Å². The van der Waals surface area contributed by atoms with Gasteiger partial charge in [0.25, 0.3) is 6.43 Å². The minimum Gasteiger partial charge on any atom is -0.309 e. The van der Waals surface area contributed by atoms with E-state index in [1.54, 1.807) is 13.1 Å². The van der Waals surface area contributed by atoms with Crippen LogP contribution in [0.25, 0.3) is 5.65 Å². The first-order chi connectivity index (χ1) is 12.0. The molecule has 0 aromatic carbocycles. The summed E-state index contributed by atoms with van der Waals surface area (Å²) in [5.41, 5.74) is 1.99. The molecule has 1 unspecified atom stereocenters. The first kappa shape index (κ1) is 15.7. The molecule has 1 atom stereocenters. The van der Waals surface area contributed by atoms with Crippen molar-refractivity contribution >= 4 is 17.4 Å². The van der Waals surface area contributed by atoms with Gasteiger partial charge in [-0.3, -0.25) is 9.89 Å². The zero-order valence-corrected chi connectivity index (χ0v) is 13.5. The molecule has 0 spiro atoms. The molecule has 3 aromatic rings. The summed E-state index contributed by atoms with van der Waals surface area (Å²) in [5.74, 6) is 0.239. The van der Waals surface area contributed by atoms with Crippen LogP contribution < -0.4 is 5.32 Å². The van der Waals surface area contributed by atoms with Crippen molar-refractivity contribution in [1.29, 1.82) is 0 Å². The molecule has 6 nitrogen and oxygen atoms in total. The van der Waals surface area contributed by atoms with Gasteiger partial charge >= 0.3 is 0 Å². The van der Waals surface area contributed by atoms with Gasteiger partial charge in [0.05, 0.1) is 11.6 Å². The van der Waals surface area contributed by atoms with Gasteiger partial charge in [0.1, 0.15) is 5.65 Å². The van der Waals surface area contributed by atoms with Crippen molar-refractivity contribution in [2.75, 3.05) is 5.32 Å². The Morgan fingerprint density at radius 3 is 2.88 bits per heavy atom.